The van der Waals surface area contributed by atoms with Crippen molar-refractivity contribution in [3.8, 4) is 11.6 Å². The second-order valence-corrected chi connectivity index (χ2v) is 8.04. The Morgan fingerprint density at radius 2 is 1.70 bits per heavy atom. The Bertz CT molecular complexity index is 1130. The molecule has 1 aromatic heterocycles. The normalized spacial score (nSPS) is 14.2. The molecule has 0 saturated carbocycles. The summed E-state index contributed by atoms with van der Waals surface area (Å²) in [4.78, 5) is 14.8. The lowest BCUT2D eigenvalue weighted by atomic mass is 10.1. The Balaban J connectivity index is 1.51. The molecule has 1 saturated heterocycles. The van der Waals surface area contributed by atoms with Crippen LogP contribution in [0, 0.1) is 0 Å². The maximum absolute atomic E-state index is 13.3. The first-order valence-electron chi connectivity index (χ1n) is 10.5. The first-order chi connectivity index (χ1) is 15.8. The molecule has 4 rings (SSSR count). The maximum Gasteiger partial charge on any atom is 0.435 e. The third-order valence-corrected chi connectivity index (χ3v) is 5.59. The zero-order valence-electron chi connectivity index (χ0n) is 17.6. The highest BCUT2D eigenvalue weighted by atomic mass is 35.5. The Hall–Kier alpha value is -3.20. The largest absolute Gasteiger partial charge is 0.467 e. The van der Waals surface area contributed by atoms with Crippen molar-refractivity contribution in [2.45, 2.75) is 25.4 Å². The zero-order valence-corrected chi connectivity index (χ0v) is 18.4. The number of rotatable bonds is 6. The number of nitrogens with zero attached hydrogens (tertiary/aromatic N) is 3. The van der Waals surface area contributed by atoms with Gasteiger partial charge in [0, 0.05) is 19.2 Å². The summed E-state index contributed by atoms with van der Waals surface area (Å²) in [5, 5.41) is 6.59. The lowest BCUT2D eigenvalue weighted by Gasteiger charge is -2.30. The first kappa shape index (κ1) is 23.0. The predicted octanol–water partition coefficient (Wildman–Crippen LogP) is 5.55. The molecule has 0 unspecified atom stereocenters. The summed E-state index contributed by atoms with van der Waals surface area (Å²) >= 11 is 6.13. The number of alkyl halides is 3. The van der Waals surface area contributed by atoms with Crippen molar-refractivity contribution < 1.29 is 22.7 Å². The van der Waals surface area contributed by atoms with Gasteiger partial charge in [0.1, 0.15) is 0 Å². The molecule has 0 bridgehead atoms. The van der Waals surface area contributed by atoms with Crippen LogP contribution in [0.5, 0.6) is 5.88 Å². The van der Waals surface area contributed by atoms with Gasteiger partial charge in [-0.05, 0) is 43.5 Å². The monoisotopic (exact) mass is 478 g/mol. The maximum atomic E-state index is 13.3. The quantitative estimate of drug-likeness (QED) is 0.504. The van der Waals surface area contributed by atoms with Gasteiger partial charge in [-0.15, -0.1) is 0 Å². The number of hydrogen-bond acceptors (Lipinski definition) is 4. The number of carbonyl (C=O) groups is 1. The van der Waals surface area contributed by atoms with Crippen molar-refractivity contribution in [2.75, 3.05) is 29.9 Å². The van der Waals surface area contributed by atoms with Gasteiger partial charge in [-0.3, -0.25) is 4.79 Å². The van der Waals surface area contributed by atoms with E-state index >= 15 is 0 Å². The number of halogens is 4. The number of amides is 1. The van der Waals surface area contributed by atoms with E-state index in [0.717, 1.165) is 42.4 Å². The van der Waals surface area contributed by atoms with Gasteiger partial charge in [-0.2, -0.15) is 23.0 Å². The number of anilines is 2. The van der Waals surface area contributed by atoms with Crippen LogP contribution in [0.4, 0.5) is 24.5 Å². The molecule has 0 radical (unpaired) electrons. The minimum Gasteiger partial charge on any atom is -0.467 e. The summed E-state index contributed by atoms with van der Waals surface area (Å²) in [7, 11) is 0. The van der Waals surface area contributed by atoms with E-state index in [0.29, 0.717) is 5.69 Å². The van der Waals surface area contributed by atoms with Gasteiger partial charge in [0.15, 0.2) is 12.3 Å². The van der Waals surface area contributed by atoms with Crippen LogP contribution in [0.25, 0.3) is 5.69 Å². The smallest absolute Gasteiger partial charge is 0.435 e. The number of para-hydroxylation sites is 3. The molecule has 1 aliphatic heterocycles. The van der Waals surface area contributed by atoms with Gasteiger partial charge in [0.05, 0.1) is 22.1 Å². The highest BCUT2D eigenvalue weighted by Crippen LogP contribution is 2.34. The first-order valence-corrected chi connectivity index (χ1v) is 10.9. The van der Waals surface area contributed by atoms with Gasteiger partial charge in [0.2, 0.25) is 5.88 Å². The number of nitrogens with one attached hydrogen (secondary N) is 1. The van der Waals surface area contributed by atoms with Crippen molar-refractivity contribution in [3.05, 3.63) is 65.3 Å². The van der Waals surface area contributed by atoms with Crippen molar-refractivity contribution in [1.29, 1.82) is 0 Å². The number of benzene rings is 2. The van der Waals surface area contributed by atoms with Gasteiger partial charge >= 0.3 is 6.18 Å². The number of carbonyl (C=O) groups excluding carboxylic acids is 1. The van der Waals surface area contributed by atoms with Crippen LogP contribution in [-0.2, 0) is 11.0 Å². The number of aromatic nitrogens is 2. The van der Waals surface area contributed by atoms with Crippen LogP contribution in [0.15, 0.2) is 54.6 Å². The molecule has 1 N–H and O–H groups in total. The van der Waals surface area contributed by atoms with Gasteiger partial charge in [-0.1, -0.05) is 35.9 Å². The minimum atomic E-state index is -4.68. The van der Waals surface area contributed by atoms with E-state index in [1.54, 1.807) is 18.2 Å². The van der Waals surface area contributed by atoms with Crippen molar-refractivity contribution in [3.63, 3.8) is 0 Å². The standard InChI is InChI=1S/C23H22ClF3N4O2/c24-16-8-2-4-10-18(16)31-22(14-20(29-31)23(25,26)27)33-15-21(32)28-17-9-3-5-11-19(17)30-12-6-1-7-13-30/h2-5,8-11,14H,1,6-7,12-13,15H2,(H,28,32). The van der Waals surface area contributed by atoms with Crippen LogP contribution in [-0.4, -0.2) is 35.4 Å². The summed E-state index contributed by atoms with van der Waals surface area (Å²) in [6.45, 7) is 1.31. The molecular weight excluding hydrogens is 457 g/mol. The Morgan fingerprint density at radius 3 is 2.39 bits per heavy atom. The fraction of sp³-hybridized carbons (Fsp3) is 0.304. The van der Waals surface area contributed by atoms with Crippen LogP contribution < -0.4 is 15.0 Å². The molecule has 0 atom stereocenters. The molecule has 6 nitrogen and oxygen atoms in total. The summed E-state index contributed by atoms with van der Waals surface area (Å²) in [6.07, 6.45) is -1.34. The molecule has 3 aromatic rings. The van der Waals surface area contributed by atoms with Gasteiger partial charge in [-0.25, -0.2) is 0 Å². The van der Waals surface area contributed by atoms with Crippen LogP contribution in [0.3, 0.4) is 0 Å². The van der Waals surface area contributed by atoms with Crippen LogP contribution >= 0.6 is 11.6 Å². The van der Waals surface area contributed by atoms with Crippen LogP contribution in [0.1, 0.15) is 25.0 Å². The minimum absolute atomic E-state index is 0.194. The zero-order chi connectivity index (χ0) is 23.4. The summed E-state index contributed by atoms with van der Waals surface area (Å²) < 4.78 is 46.2. The van der Waals surface area contributed by atoms with E-state index in [9.17, 15) is 18.0 Å². The average molecular weight is 479 g/mol. The molecule has 33 heavy (non-hydrogen) atoms. The molecule has 1 amide bonds. The summed E-state index contributed by atoms with van der Waals surface area (Å²) in [5.41, 5.74) is 0.600. The lowest BCUT2D eigenvalue weighted by Crippen LogP contribution is -2.31. The summed E-state index contributed by atoms with van der Waals surface area (Å²) in [5.74, 6) is -0.741. The molecule has 2 aromatic carbocycles. The highest BCUT2D eigenvalue weighted by Gasteiger charge is 2.36. The fourth-order valence-corrected chi connectivity index (χ4v) is 3.93. The van der Waals surface area contributed by atoms with Crippen molar-refractivity contribution in [2.24, 2.45) is 0 Å². The van der Waals surface area contributed by atoms with Gasteiger partial charge in [0.25, 0.3) is 5.91 Å². The van der Waals surface area contributed by atoms with Crippen molar-refractivity contribution >= 4 is 28.9 Å². The molecule has 2 heterocycles. The summed E-state index contributed by atoms with van der Waals surface area (Å²) in [6, 6.07) is 14.5. The number of ether oxygens (including phenoxy) is 1. The molecule has 0 aliphatic carbocycles. The third-order valence-electron chi connectivity index (χ3n) is 5.27. The van der Waals surface area contributed by atoms with E-state index in [2.05, 4.69) is 15.3 Å². The molecular formula is C23H22ClF3N4O2. The van der Waals surface area contributed by atoms with E-state index in [1.807, 2.05) is 18.2 Å². The topological polar surface area (TPSA) is 59.4 Å². The number of hydrogen-bond donors (Lipinski definition) is 1. The van der Waals surface area contributed by atoms with E-state index in [-0.39, 0.29) is 16.6 Å². The third kappa shape index (κ3) is 5.42. The molecule has 0 spiro atoms. The Labute approximate surface area is 193 Å². The second-order valence-electron chi connectivity index (χ2n) is 7.63. The van der Waals surface area contributed by atoms with E-state index in [4.69, 9.17) is 16.3 Å². The molecule has 1 aliphatic rings. The SMILES string of the molecule is O=C(COc1cc(C(F)(F)F)nn1-c1ccccc1Cl)Nc1ccccc1N1CCCCC1. The van der Waals surface area contributed by atoms with Crippen LogP contribution in [0.2, 0.25) is 5.02 Å². The molecule has 1 fully saturated rings. The lowest BCUT2D eigenvalue weighted by molar-refractivity contribution is -0.141. The van der Waals surface area contributed by atoms with E-state index < -0.39 is 24.4 Å². The highest BCUT2D eigenvalue weighted by molar-refractivity contribution is 6.32. The molecule has 10 heteroatoms. The second kappa shape index (κ2) is 9.74. The predicted molar refractivity (Wildman–Crippen MR) is 120 cm³/mol. The fourth-order valence-electron chi connectivity index (χ4n) is 3.72. The Morgan fingerprint density at radius 1 is 1.03 bits per heavy atom. The number of piperidine rings is 1. The Kier molecular flexibility index (Phi) is 6.78. The van der Waals surface area contributed by atoms with Gasteiger partial charge < -0.3 is 15.0 Å². The molecule has 174 valence electrons. The van der Waals surface area contributed by atoms with E-state index in [1.165, 1.54) is 18.6 Å². The average Bonchev–Trinajstić information content (AvgIpc) is 3.24. The van der Waals surface area contributed by atoms with Crippen molar-refractivity contribution in [1.82, 2.24) is 9.78 Å².